The third kappa shape index (κ3) is 4.11. The molecular formula is C23H21N5O2S. The fraction of sp³-hybridized carbons (Fsp3) is 0.261. The maximum atomic E-state index is 12.7. The third-order valence-corrected chi connectivity index (χ3v) is 6.68. The molecule has 0 radical (unpaired) electrons. The summed E-state index contributed by atoms with van der Waals surface area (Å²) in [5.74, 6) is -0.126. The lowest BCUT2D eigenvalue weighted by Crippen LogP contribution is -2.39. The molecule has 5 rings (SSSR count). The van der Waals surface area contributed by atoms with Crippen molar-refractivity contribution in [2.45, 2.75) is 37.8 Å². The van der Waals surface area contributed by atoms with Crippen LogP contribution >= 0.6 is 11.3 Å². The predicted octanol–water partition coefficient (Wildman–Crippen LogP) is 3.83. The molecule has 1 fully saturated rings. The second-order valence-electron chi connectivity index (χ2n) is 7.71. The van der Waals surface area contributed by atoms with E-state index in [0.29, 0.717) is 5.01 Å². The molecule has 1 aliphatic rings. The van der Waals surface area contributed by atoms with Crippen LogP contribution in [-0.2, 0) is 0 Å². The normalized spacial score (nSPS) is 18.7. The molecule has 0 bridgehead atoms. The van der Waals surface area contributed by atoms with Crippen LogP contribution in [0.4, 0.5) is 0 Å². The summed E-state index contributed by atoms with van der Waals surface area (Å²) in [6.07, 6.45) is 6.62. The molecule has 0 saturated heterocycles. The van der Waals surface area contributed by atoms with E-state index < -0.39 is 0 Å². The van der Waals surface area contributed by atoms with E-state index in [4.69, 9.17) is 0 Å². The summed E-state index contributed by atoms with van der Waals surface area (Å²) < 4.78 is 2.60. The Bertz CT molecular complexity index is 1240. The number of nitrogens with zero attached hydrogens (tertiary/aromatic N) is 4. The molecule has 1 amide bonds. The van der Waals surface area contributed by atoms with Crippen LogP contribution in [0.15, 0.2) is 65.7 Å². The zero-order valence-corrected chi connectivity index (χ0v) is 17.6. The van der Waals surface area contributed by atoms with Gasteiger partial charge in [0.05, 0.1) is 22.0 Å². The SMILES string of the molecule is O=C(NC1CCC(n2nc(-c3cccnc3)ccc2=O)CC1)c1nc2ccccc2s1. The van der Waals surface area contributed by atoms with Gasteiger partial charge in [-0.2, -0.15) is 5.10 Å². The van der Waals surface area contributed by atoms with Crippen molar-refractivity contribution in [3.8, 4) is 11.3 Å². The summed E-state index contributed by atoms with van der Waals surface area (Å²) in [7, 11) is 0. The van der Waals surface area contributed by atoms with Crippen LogP contribution in [0.5, 0.6) is 0 Å². The summed E-state index contributed by atoms with van der Waals surface area (Å²) in [5.41, 5.74) is 2.36. The average molecular weight is 432 g/mol. The van der Waals surface area contributed by atoms with Crippen LogP contribution in [-0.4, -0.2) is 31.7 Å². The standard InChI is InChI=1S/C23H21N5O2S/c29-21-12-11-18(15-4-3-13-24-14-15)27-28(21)17-9-7-16(8-10-17)25-22(30)23-26-19-5-1-2-6-20(19)31-23/h1-6,11-14,16-17H,7-10H2,(H,25,30). The number of para-hydroxylation sites is 1. The van der Waals surface area contributed by atoms with Crippen molar-refractivity contribution in [1.82, 2.24) is 25.1 Å². The maximum absolute atomic E-state index is 12.7. The Kier molecular flexibility index (Phi) is 5.30. The summed E-state index contributed by atoms with van der Waals surface area (Å²) in [6, 6.07) is 14.9. The second-order valence-corrected chi connectivity index (χ2v) is 8.74. The molecule has 31 heavy (non-hydrogen) atoms. The van der Waals surface area contributed by atoms with Crippen molar-refractivity contribution in [2.75, 3.05) is 0 Å². The molecule has 0 aliphatic heterocycles. The molecule has 1 N–H and O–H groups in total. The van der Waals surface area contributed by atoms with Gasteiger partial charge in [-0.3, -0.25) is 14.6 Å². The summed E-state index contributed by atoms with van der Waals surface area (Å²) in [5, 5.41) is 8.20. The molecule has 0 spiro atoms. The Morgan fingerprint density at radius 2 is 1.87 bits per heavy atom. The highest BCUT2D eigenvalue weighted by molar-refractivity contribution is 7.20. The zero-order valence-electron chi connectivity index (χ0n) is 16.8. The monoisotopic (exact) mass is 431 g/mol. The van der Waals surface area contributed by atoms with Gasteiger partial charge in [-0.05, 0) is 56.0 Å². The van der Waals surface area contributed by atoms with Crippen molar-refractivity contribution in [3.05, 3.63) is 76.3 Å². The molecule has 156 valence electrons. The van der Waals surface area contributed by atoms with Crippen molar-refractivity contribution in [1.29, 1.82) is 0 Å². The minimum atomic E-state index is -0.126. The fourth-order valence-electron chi connectivity index (χ4n) is 4.04. The van der Waals surface area contributed by atoms with Crippen LogP contribution in [0.3, 0.4) is 0 Å². The minimum Gasteiger partial charge on any atom is -0.347 e. The minimum absolute atomic E-state index is 0.0275. The number of pyridine rings is 1. The van der Waals surface area contributed by atoms with Gasteiger partial charge in [-0.1, -0.05) is 12.1 Å². The fourth-order valence-corrected chi connectivity index (χ4v) is 4.91. The molecule has 0 unspecified atom stereocenters. The van der Waals surface area contributed by atoms with Crippen LogP contribution < -0.4 is 10.9 Å². The molecular weight excluding hydrogens is 410 g/mol. The van der Waals surface area contributed by atoms with Crippen LogP contribution in [0, 0.1) is 0 Å². The molecule has 1 aliphatic carbocycles. The number of hydrogen-bond acceptors (Lipinski definition) is 6. The van der Waals surface area contributed by atoms with E-state index in [1.54, 1.807) is 29.2 Å². The Balaban J connectivity index is 1.25. The van der Waals surface area contributed by atoms with Gasteiger partial charge < -0.3 is 5.32 Å². The first kappa shape index (κ1) is 19.6. The van der Waals surface area contributed by atoms with E-state index in [-0.39, 0.29) is 23.6 Å². The number of rotatable bonds is 4. The maximum Gasteiger partial charge on any atom is 0.280 e. The lowest BCUT2D eigenvalue weighted by atomic mass is 9.91. The quantitative estimate of drug-likeness (QED) is 0.530. The Morgan fingerprint density at radius 1 is 1.03 bits per heavy atom. The molecule has 3 heterocycles. The van der Waals surface area contributed by atoms with Crippen molar-refractivity contribution in [3.63, 3.8) is 0 Å². The first-order valence-corrected chi connectivity index (χ1v) is 11.2. The van der Waals surface area contributed by atoms with Crippen molar-refractivity contribution in [2.24, 2.45) is 0 Å². The summed E-state index contributed by atoms with van der Waals surface area (Å²) in [6.45, 7) is 0. The highest BCUT2D eigenvalue weighted by Crippen LogP contribution is 2.28. The number of aromatic nitrogens is 4. The third-order valence-electron chi connectivity index (χ3n) is 5.65. The van der Waals surface area contributed by atoms with E-state index in [9.17, 15) is 9.59 Å². The van der Waals surface area contributed by atoms with E-state index in [1.165, 1.54) is 11.3 Å². The molecule has 4 aromatic rings. The molecule has 3 aromatic heterocycles. The molecule has 8 heteroatoms. The number of thiazole rings is 1. The van der Waals surface area contributed by atoms with Gasteiger partial charge in [0.15, 0.2) is 5.01 Å². The smallest absolute Gasteiger partial charge is 0.280 e. The van der Waals surface area contributed by atoms with E-state index in [0.717, 1.165) is 47.2 Å². The highest BCUT2D eigenvalue weighted by atomic mass is 32.1. The Morgan fingerprint density at radius 3 is 2.65 bits per heavy atom. The van der Waals surface area contributed by atoms with Gasteiger partial charge in [-0.15, -0.1) is 11.3 Å². The van der Waals surface area contributed by atoms with Gasteiger partial charge in [0, 0.05) is 30.1 Å². The number of carbonyl (C=O) groups excluding carboxylic acids is 1. The van der Waals surface area contributed by atoms with Gasteiger partial charge in [0.2, 0.25) is 0 Å². The summed E-state index contributed by atoms with van der Waals surface area (Å²) in [4.78, 5) is 33.7. The summed E-state index contributed by atoms with van der Waals surface area (Å²) >= 11 is 1.41. The lowest BCUT2D eigenvalue weighted by Gasteiger charge is -2.29. The average Bonchev–Trinajstić information content (AvgIpc) is 3.25. The number of nitrogens with one attached hydrogen (secondary N) is 1. The number of carbonyl (C=O) groups is 1. The Labute approximate surface area is 182 Å². The lowest BCUT2D eigenvalue weighted by molar-refractivity contribution is 0.0921. The van der Waals surface area contributed by atoms with E-state index >= 15 is 0 Å². The van der Waals surface area contributed by atoms with Crippen molar-refractivity contribution >= 4 is 27.5 Å². The van der Waals surface area contributed by atoms with Gasteiger partial charge in [0.25, 0.3) is 11.5 Å². The molecule has 7 nitrogen and oxygen atoms in total. The van der Waals surface area contributed by atoms with Crippen LogP contribution in [0.1, 0.15) is 41.5 Å². The Hall–Kier alpha value is -3.39. The van der Waals surface area contributed by atoms with Crippen LogP contribution in [0.25, 0.3) is 21.5 Å². The first-order valence-electron chi connectivity index (χ1n) is 10.3. The number of hydrogen-bond donors (Lipinski definition) is 1. The van der Waals surface area contributed by atoms with Gasteiger partial charge >= 0.3 is 0 Å². The number of benzene rings is 1. The van der Waals surface area contributed by atoms with E-state index in [1.807, 2.05) is 36.4 Å². The largest absolute Gasteiger partial charge is 0.347 e. The van der Waals surface area contributed by atoms with E-state index in [2.05, 4.69) is 20.4 Å². The van der Waals surface area contributed by atoms with Crippen LogP contribution in [0.2, 0.25) is 0 Å². The molecule has 1 saturated carbocycles. The topological polar surface area (TPSA) is 89.8 Å². The highest BCUT2D eigenvalue weighted by Gasteiger charge is 2.26. The van der Waals surface area contributed by atoms with Gasteiger partial charge in [0.1, 0.15) is 0 Å². The zero-order chi connectivity index (χ0) is 21.2. The number of fused-ring (bicyclic) bond motifs is 1. The van der Waals surface area contributed by atoms with Gasteiger partial charge in [-0.25, -0.2) is 9.67 Å². The molecule has 1 aromatic carbocycles. The first-order chi connectivity index (χ1) is 15.2. The number of amides is 1. The predicted molar refractivity (Wildman–Crippen MR) is 120 cm³/mol. The second kappa shape index (κ2) is 8.39. The van der Waals surface area contributed by atoms with Crippen molar-refractivity contribution < 1.29 is 4.79 Å². The molecule has 0 atom stereocenters.